The fourth-order valence-electron chi connectivity index (χ4n) is 5.25. The SMILES string of the molecule is COc1cc2oc(-c3ccc([C@@H]4O[C@H](CO)[C@@H](O)[C@H](O)[C@H]4O)cc3)cc(=O)c2cc1[C@H]1C[C@@H](O)[C@@H](O)[C@@H](C)O1. The highest BCUT2D eigenvalue weighted by Gasteiger charge is 2.44. The summed E-state index contributed by atoms with van der Waals surface area (Å²) in [6, 6.07) is 11.2. The summed E-state index contributed by atoms with van der Waals surface area (Å²) in [6.45, 7) is 1.14. The lowest BCUT2D eigenvalue weighted by Gasteiger charge is -2.40. The minimum atomic E-state index is -1.49. The molecule has 1 aromatic heterocycles. The van der Waals surface area contributed by atoms with Crippen molar-refractivity contribution in [1.82, 2.24) is 0 Å². The van der Waals surface area contributed by atoms with Crippen LogP contribution in [0.15, 0.2) is 51.7 Å². The highest BCUT2D eigenvalue weighted by atomic mass is 16.5. The zero-order valence-electron chi connectivity index (χ0n) is 21.4. The summed E-state index contributed by atoms with van der Waals surface area (Å²) in [5.41, 5.74) is 1.59. The predicted octanol–water partition coefficient (Wildman–Crippen LogP) is 0.555. The first-order valence-electron chi connectivity index (χ1n) is 12.7. The van der Waals surface area contributed by atoms with Gasteiger partial charge in [0.1, 0.15) is 53.7 Å². The Morgan fingerprint density at radius 2 is 1.64 bits per heavy atom. The number of aliphatic hydroxyl groups excluding tert-OH is 6. The van der Waals surface area contributed by atoms with E-state index in [-0.39, 0.29) is 23.2 Å². The van der Waals surface area contributed by atoms with Crippen LogP contribution in [0.5, 0.6) is 5.75 Å². The first-order valence-corrected chi connectivity index (χ1v) is 12.7. The Balaban J connectivity index is 1.45. The second kappa shape index (κ2) is 11.0. The van der Waals surface area contributed by atoms with Gasteiger partial charge >= 0.3 is 0 Å². The van der Waals surface area contributed by atoms with Crippen LogP contribution in [0.2, 0.25) is 0 Å². The standard InChI is InChI=1S/C28H32O11/c1-12-24(32)18(31)9-21(37-12)16-7-15-17(30)8-19(38-22(15)10-20(16)36-2)13-3-5-14(6-4-13)28-27(35)26(34)25(33)23(11-29)39-28/h3-8,10,12,18,21,23-29,31-35H,9,11H2,1-2H3/t12-,18-,21-,23-,24+,25-,26+,27-,28+/m1/s1. The molecule has 0 bridgehead atoms. The zero-order chi connectivity index (χ0) is 28.0. The molecule has 210 valence electrons. The molecule has 0 aliphatic carbocycles. The van der Waals surface area contributed by atoms with Gasteiger partial charge in [-0.2, -0.15) is 0 Å². The molecule has 2 saturated heterocycles. The van der Waals surface area contributed by atoms with Gasteiger partial charge in [-0.3, -0.25) is 4.79 Å². The number of rotatable bonds is 5. The van der Waals surface area contributed by atoms with E-state index in [2.05, 4.69) is 0 Å². The quantitative estimate of drug-likeness (QED) is 0.264. The third kappa shape index (κ3) is 5.08. The van der Waals surface area contributed by atoms with Gasteiger partial charge in [0.25, 0.3) is 0 Å². The third-order valence-corrected chi connectivity index (χ3v) is 7.55. The van der Waals surface area contributed by atoms with Crippen LogP contribution in [0.4, 0.5) is 0 Å². The van der Waals surface area contributed by atoms with Gasteiger partial charge in [-0.05, 0) is 18.6 Å². The van der Waals surface area contributed by atoms with Gasteiger partial charge in [-0.25, -0.2) is 0 Å². The van der Waals surface area contributed by atoms with Gasteiger partial charge in [0.15, 0.2) is 5.43 Å². The van der Waals surface area contributed by atoms with E-state index >= 15 is 0 Å². The summed E-state index contributed by atoms with van der Waals surface area (Å²) in [7, 11) is 1.47. The summed E-state index contributed by atoms with van der Waals surface area (Å²) < 4.78 is 23.1. The van der Waals surface area contributed by atoms with E-state index < -0.39 is 61.5 Å². The molecule has 0 saturated carbocycles. The van der Waals surface area contributed by atoms with Gasteiger partial charge in [0.2, 0.25) is 0 Å². The second-order valence-electron chi connectivity index (χ2n) is 10.1. The Labute approximate surface area is 223 Å². The maximum atomic E-state index is 13.1. The van der Waals surface area contributed by atoms with Crippen molar-refractivity contribution >= 4 is 11.0 Å². The van der Waals surface area contributed by atoms with Gasteiger partial charge in [-0.15, -0.1) is 0 Å². The molecule has 0 amide bonds. The number of aliphatic hydroxyl groups is 6. The molecule has 2 aliphatic rings. The van der Waals surface area contributed by atoms with Gasteiger partial charge in [-0.1, -0.05) is 24.3 Å². The number of hydrogen-bond acceptors (Lipinski definition) is 11. The first-order chi connectivity index (χ1) is 18.6. The van der Waals surface area contributed by atoms with Crippen LogP contribution in [0, 0.1) is 0 Å². The summed E-state index contributed by atoms with van der Waals surface area (Å²) in [4.78, 5) is 13.1. The van der Waals surface area contributed by atoms with E-state index in [1.54, 1.807) is 43.3 Å². The maximum absolute atomic E-state index is 13.1. The van der Waals surface area contributed by atoms with E-state index in [1.807, 2.05) is 0 Å². The Morgan fingerprint density at radius 3 is 2.28 bits per heavy atom. The Bertz CT molecular complexity index is 1360. The Hall–Kier alpha value is -2.87. The molecule has 5 rings (SSSR count). The smallest absolute Gasteiger partial charge is 0.193 e. The first kappa shape index (κ1) is 27.7. The van der Waals surface area contributed by atoms with Crippen LogP contribution >= 0.6 is 0 Å². The summed E-state index contributed by atoms with van der Waals surface area (Å²) in [5.74, 6) is 0.685. The number of ether oxygens (including phenoxy) is 3. The normalized spacial score (nSPS) is 33.3. The summed E-state index contributed by atoms with van der Waals surface area (Å²) in [5, 5.41) is 60.5. The monoisotopic (exact) mass is 544 g/mol. The molecular weight excluding hydrogens is 512 g/mol. The van der Waals surface area contributed by atoms with E-state index in [0.717, 1.165) is 0 Å². The van der Waals surface area contributed by atoms with Gasteiger partial charge < -0.3 is 49.3 Å². The van der Waals surface area contributed by atoms with Crippen LogP contribution < -0.4 is 10.2 Å². The lowest BCUT2D eigenvalue weighted by molar-refractivity contribution is -0.231. The van der Waals surface area contributed by atoms with Crippen molar-refractivity contribution in [3.05, 3.63) is 63.8 Å². The molecular formula is C28H32O11. The number of benzene rings is 2. The van der Waals surface area contributed by atoms with Crippen molar-refractivity contribution in [2.75, 3.05) is 13.7 Å². The molecule has 0 spiro atoms. The summed E-state index contributed by atoms with van der Waals surface area (Å²) in [6.07, 6.45) is -9.41. The van der Waals surface area contributed by atoms with E-state index in [1.165, 1.54) is 13.2 Å². The molecule has 2 aliphatic heterocycles. The van der Waals surface area contributed by atoms with Crippen LogP contribution in [0.25, 0.3) is 22.3 Å². The predicted molar refractivity (Wildman–Crippen MR) is 137 cm³/mol. The maximum Gasteiger partial charge on any atom is 0.193 e. The zero-order valence-corrected chi connectivity index (χ0v) is 21.4. The molecule has 6 N–H and O–H groups in total. The van der Waals surface area contributed by atoms with Crippen molar-refractivity contribution in [2.24, 2.45) is 0 Å². The van der Waals surface area contributed by atoms with E-state index in [9.17, 15) is 35.4 Å². The topological polar surface area (TPSA) is 179 Å². The second-order valence-corrected chi connectivity index (χ2v) is 10.1. The molecule has 39 heavy (non-hydrogen) atoms. The minimum Gasteiger partial charge on any atom is -0.496 e. The molecule has 3 aromatic rings. The Kier molecular flexibility index (Phi) is 7.77. The average molecular weight is 545 g/mol. The van der Waals surface area contributed by atoms with E-state index in [4.69, 9.17) is 18.6 Å². The van der Waals surface area contributed by atoms with Crippen molar-refractivity contribution in [3.63, 3.8) is 0 Å². The molecule has 3 heterocycles. The van der Waals surface area contributed by atoms with Crippen LogP contribution in [-0.2, 0) is 9.47 Å². The van der Waals surface area contributed by atoms with Crippen LogP contribution in [-0.4, -0.2) is 87.1 Å². The molecule has 2 aromatic carbocycles. The van der Waals surface area contributed by atoms with Crippen LogP contribution in [0.3, 0.4) is 0 Å². The van der Waals surface area contributed by atoms with Gasteiger partial charge in [0, 0.05) is 29.7 Å². The lowest BCUT2D eigenvalue weighted by atomic mass is 9.91. The third-order valence-electron chi connectivity index (χ3n) is 7.55. The molecule has 11 heteroatoms. The highest BCUT2D eigenvalue weighted by Crippen LogP contribution is 2.39. The fourth-order valence-corrected chi connectivity index (χ4v) is 5.25. The molecule has 0 unspecified atom stereocenters. The lowest BCUT2D eigenvalue weighted by Crippen LogP contribution is -2.55. The number of methoxy groups -OCH3 is 1. The largest absolute Gasteiger partial charge is 0.496 e. The van der Waals surface area contributed by atoms with Crippen molar-refractivity contribution in [1.29, 1.82) is 0 Å². The van der Waals surface area contributed by atoms with Gasteiger partial charge in [0.05, 0.1) is 37.4 Å². The highest BCUT2D eigenvalue weighted by molar-refractivity contribution is 5.81. The van der Waals surface area contributed by atoms with Crippen molar-refractivity contribution in [2.45, 2.75) is 68.3 Å². The summed E-state index contributed by atoms with van der Waals surface area (Å²) >= 11 is 0. The fraction of sp³-hybridized carbons (Fsp3) is 0.464. The Morgan fingerprint density at radius 1 is 0.923 bits per heavy atom. The van der Waals surface area contributed by atoms with Crippen molar-refractivity contribution in [3.8, 4) is 17.1 Å². The minimum absolute atomic E-state index is 0.136. The molecule has 0 radical (unpaired) electrons. The average Bonchev–Trinajstić information content (AvgIpc) is 2.94. The van der Waals surface area contributed by atoms with E-state index in [0.29, 0.717) is 27.8 Å². The number of fused-ring (bicyclic) bond motifs is 1. The number of hydrogen-bond donors (Lipinski definition) is 6. The molecule has 9 atom stereocenters. The molecule has 11 nitrogen and oxygen atoms in total. The van der Waals surface area contributed by atoms with Crippen molar-refractivity contribution < 1.29 is 49.3 Å². The van der Waals surface area contributed by atoms with Crippen LogP contribution in [0.1, 0.15) is 36.7 Å². The molecule has 2 fully saturated rings.